The molecule has 3 rings (SSSR count). The molecule has 0 bridgehead atoms. The van der Waals surface area contributed by atoms with E-state index in [-0.39, 0.29) is 18.8 Å². The summed E-state index contributed by atoms with van der Waals surface area (Å²) < 4.78 is 16.8. The maximum atomic E-state index is 9.34. The highest BCUT2D eigenvalue weighted by molar-refractivity contribution is 5.46. The first-order valence-corrected chi connectivity index (χ1v) is 7.76. The van der Waals surface area contributed by atoms with Crippen LogP contribution in [0, 0.1) is 23.2 Å². The Kier molecular flexibility index (Phi) is 4.19. The third-order valence-corrected chi connectivity index (χ3v) is 4.39. The molecule has 2 aliphatic rings. The molecule has 1 saturated carbocycles. The second-order valence-electron chi connectivity index (χ2n) is 5.87. The van der Waals surface area contributed by atoms with Crippen molar-refractivity contribution in [2.45, 2.75) is 45.1 Å². The first kappa shape index (κ1) is 14.1. The van der Waals surface area contributed by atoms with Crippen LogP contribution in [0.1, 0.15) is 39.0 Å². The number of nitrogens with zero attached hydrogens (tertiary/aromatic N) is 1. The van der Waals surface area contributed by atoms with Gasteiger partial charge in [0.05, 0.1) is 12.0 Å². The second-order valence-corrected chi connectivity index (χ2v) is 5.87. The number of hydrogen-bond acceptors (Lipinski definition) is 4. The highest BCUT2D eigenvalue weighted by atomic mass is 16.7. The zero-order valence-corrected chi connectivity index (χ0v) is 12.4. The number of rotatable bonds is 4. The molecule has 0 amide bonds. The standard InChI is InChI=1S/C17H21NO3/c1-2-3-12-4-5-13(10-18)16(8-12)21-14-6-7-15-17(9-14)20-11-19-15/h6-7,9,12-13,16H,2-5,8,11H2,1H3. The summed E-state index contributed by atoms with van der Waals surface area (Å²) in [7, 11) is 0. The summed E-state index contributed by atoms with van der Waals surface area (Å²) in [5.74, 6) is 2.91. The number of hydrogen-bond donors (Lipinski definition) is 0. The maximum Gasteiger partial charge on any atom is 0.231 e. The smallest absolute Gasteiger partial charge is 0.231 e. The molecule has 1 aliphatic heterocycles. The summed E-state index contributed by atoms with van der Waals surface area (Å²) in [6.45, 7) is 2.48. The fraction of sp³-hybridized carbons (Fsp3) is 0.588. The summed E-state index contributed by atoms with van der Waals surface area (Å²) >= 11 is 0. The molecule has 1 fully saturated rings. The van der Waals surface area contributed by atoms with Gasteiger partial charge in [-0.3, -0.25) is 0 Å². The summed E-state index contributed by atoms with van der Waals surface area (Å²) in [4.78, 5) is 0. The van der Waals surface area contributed by atoms with E-state index >= 15 is 0 Å². The Labute approximate surface area is 125 Å². The molecule has 4 heteroatoms. The van der Waals surface area contributed by atoms with Crippen molar-refractivity contribution in [3.63, 3.8) is 0 Å². The van der Waals surface area contributed by atoms with Gasteiger partial charge in [0.15, 0.2) is 11.5 Å². The number of nitriles is 1. The predicted molar refractivity (Wildman–Crippen MR) is 78.3 cm³/mol. The van der Waals surface area contributed by atoms with E-state index in [1.807, 2.05) is 18.2 Å². The van der Waals surface area contributed by atoms with E-state index in [1.54, 1.807) is 0 Å². The van der Waals surface area contributed by atoms with Crippen molar-refractivity contribution in [3.05, 3.63) is 18.2 Å². The van der Waals surface area contributed by atoms with Gasteiger partial charge in [-0.05, 0) is 37.3 Å². The van der Waals surface area contributed by atoms with Gasteiger partial charge >= 0.3 is 0 Å². The lowest BCUT2D eigenvalue weighted by Crippen LogP contribution is -2.33. The zero-order chi connectivity index (χ0) is 14.7. The first-order chi connectivity index (χ1) is 10.3. The fourth-order valence-electron chi connectivity index (χ4n) is 3.29. The molecule has 0 aromatic heterocycles. The third-order valence-electron chi connectivity index (χ3n) is 4.39. The SMILES string of the molecule is CCCC1CCC(C#N)C(Oc2ccc3c(c2)OCO3)C1. The van der Waals surface area contributed by atoms with E-state index in [1.165, 1.54) is 12.8 Å². The van der Waals surface area contributed by atoms with E-state index in [0.717, 1.165) is 36.5 Å². The van der Waals surface area contributed by atoms with E-state index in [4.69, 9.17) is 14.2 Å². The fourth-order valence-corrected chi connectivity index (χ4v) is 3.29. The lowest BCUT2D eigenvalue weighted by Gasteiger charge is -2.33. The van der Waals surface area contributed by atoms with Gasteiger partial charge in [0.1, 0.15) is 11.9 Å². The monoisotopic (exact) mass is 287 g/mol. The molecule has 0 spiro atoms. The van der Waals surface area contributed by atoms with Crippen molar-refractivity contribution in [1.82, 2.24) is 0 Å². The Morgan fingerprint density at radius 3 is 2.95 bits per heavy atom. The number of ether oxygens (including phenoxy) is 3. The van der Waals surface area contributed by atoms with Crippen molar-refractivity contribution in [2.75, 3.05) is 6.79 Å². The molecule has 1 aliphatic carbocycles. The van der Waals surface area contributed by atoms with Crippen LogP contribution in [0.25, 0.3) is 0 Å². The van der Waals surface area contributed by atoms with Crippen LogP contribution in [0.4, 0.5) is 0 Å². The van der Waals surface area contributed by atoms with Gasteiger partial charge in [-0.1, -0.05) is 19.8 Å². The van der Waals surface area contributed by atoms with Crippen LogP contribution in [-0.4, -0.2) is 12.9 Å². The van der Waals surface area contributed by atoms with E-state index in [0.29, 0.717) is 5.92 Å². The summed E-state index contributed by atoms with van der Waals surface area (Å²) in [6, 6.07) is 8.03. The lowest BCUT2D eigenvalue weighted by molar-refractivity contribution is 0.0873. The molecule has 1 aromatic carbocycles. The van der Waals surface area contributed by atoms with Crippen LogP contribution in [0.3, 0.4) is 0 Å². The minimum absolute atomic E-state index is 0.0106. The van der Waals surface area contributed by atoms with E-state index < -0.39 is 0 Å². The molecule has 1 heterocycles. The van der Waals surface area contributed by atoms with Crippen LogP contribution >= 0.6 is 0 Å². The van der Waals surface area contributed by atoms with Crippen LogP contribution < -0.4 is 14.2 Å². The van der Waals surface area contributed by atoms with Gasteiger partial charge in [-0.2, -0.15) is 5.26 Å². The largest absolute Gasteiger partial charge is 0.489 e. The molecule has 0 saturated heterocycles. The highest BCUT2D eigenvalue weighted by Crippen LogP contribution is 2.38. The molecule has 3 atom stereocenters. The molecular formula is C17H21NO3. The first-order valence-electron chi connectivity index (χ1n) is 7.76. The van der Waals surface area contributed by atoms with Crippen molar-refractivity contribution in [1.29, 1.82) is 5.26 Å². The second kappa shape index (κ2) is 6.26. The highest BCUT2D eigenvalue weighted by Gasteiger charge is 2.32. The van der Waals surface area contributed by atoms with Crippen molar-refractivity contribution >= 4 is 0 Å². The molecule has 112 valence electrons. The van der Waals surface area contributed by atoms with Crippen molar-refractivity contribution in [2.24, 2.45) is 11.8 Å². The quantitative estimate of drug-likeness (QED) is 0.842. The Morgan fingerprint density at radius 2 is 2.14 bits per heavy atom. The average Bonchev–Trinajstić information content (AvgIpc) is 2.95. The van der Waals surface area contributed by atoms with Gasteiger partial charge in [0.2, 0.25) is 6.79 Å². The zero-order valence-electron chi connectivity index (χ0n) is 12.4. The summed E-state index contributed by atoms with van der Waals surface area (Å²) in [5, 5.41) is 9.34. The van der Waals surface area contributed by atoms with Crippen LogP contribution in [0.15, 0.2) is 18.2 Å². The van der Waals surface area contributed by atoms with E-state index in [9.17, 15) is 5.26 Å². The van der Waals surface area contributed by atoms with Gasteiger partial charge in [-0.15, -0.1) is 0 Å². The van der Waals surface area contributed by atoms with Crippen LogP contribution in [0.2, 0.25) is 0 Å². The van der Waals surface area contributed by atoms with Gasteiger partial charge in [0.25, 0.3) is 0 Å². The summed E-state index contributed by atoms with van der Waals surface area (Å²) in [5.41, 5.74) is 0. The Morgan fingerprint density at radius 1 is 1.29 bits per heavy atom. The number of benzene rings is 1. The Hall–Kier alpha value is -1.89. The molecule has 1 aromatic rings. The van der Waals surface area contributed by atoms with Crippen LogP contribution in [0.5, 0.6) is 17.2 Å². The summed E-state index contributed by atoms with van der Waals surface area (Å²) in [6.07, 6.45) is 5.46. The Balaban J connectivity index is 1.70. The number of fused-ring (bicyclic) bond motifs is 1. The topological polar surface area (TPSA) is 51.5 Å². The Bertz CT molecular complexity index is 537. The molecule has 4 nitrogen and oxygen atoms in total. The van der Waals surface area contributed by atoms with Gasteiger partial charge in [0, 0.05) is 6.07 Å². The lowest BCUT2D eigenvalue weighted by atomic mass is 9.78. The molecule has 0 radical (unpaired) electrons. The van der Waals surface area contributed by atoms with Crippen LogP contribution in [-0.2, 0) is 0 Å². The molecule has 21 heavy (non-hydrogen) atoms. The molecule has 0 N–H and O–H groups in total. The predicted octanol–water partition coefficient (Wildman–Crippen LogP) is 3.90. The minimum atomic E-state index is -0.0133. The van der Waals surface area contributed by atoms with E-state index in [2.05, 4.69) is 13.0 Å². The van der Waals surface area contributed by atoms with Gasteiger partial charge < -0.3 is 14.2 Å². The van der Waals surface area contributed by atoms with Crippen molar-refractivity contribution in [3.8, 4) is 23.3 Å². The normalized spacial score (nSPS) is 27.1. The molecule has 3 unspecified atom stereocenters. The third kappa shape index (κ3) is 3.07. The maximum absolute atomic E-state index is 9.34. The molecular weight excluding hydrogens is 266 g/mol. The minimum Gasteiger partial charge on any atom is -0.489 e. The van der Waals surface area contributed by atoms with Crippen molar-refractivity contribution < 1.29 is 14.2 Å². The average molecular weight is 287 g/mol. The van der Waals surface area contributed by atoms with Gasteiger partial charge in [-0.25, -0.2) is 0 Å².